The first-order valence-corrected chi connectivity index (χ1v) is 9.14. The van der Waals surface area contributed by atoms with Crippen molar-refractivity contribution in [1.82, 2.24) is 15.1 Å². The molecule has 0 radical (unpaired) electrons. The fourth-order valence-electron chi connectivity index (χ4n) is 3.79. The molecule has 1 aliphatic heterocycles. The molecule has 0 spiro atoms. The normalized spacial score (nSPS) is 23.9. The molecule has 4 nitrogen and oxygen atoms in total. The highest BCUT2D eigenvalue weighted by Gasteiger charge is 2.26. The lowest BCUT2D eigenvalue weighted by molar-refractivity contribution is 0.138. The third-order valence-corrected chi connectivity index (χ3v) is 4.72. The van der Waals surface area contributed by atoms with E-state index in [0.717, 1.165) is 39.1 Å². The van der Waals surface area contributed by atoms with Crippen molar-refractivity contribution >= 4 is 6.03 Å². The van der Waals surface area contributed by atoms with Crippen molar-refractivity contribution in [1.29, 1.82) is 0 Å². The summed E-state index contributed by atoms with van der Waals surface area (Å²) < 4.78 is 0. The predicted molar refractivity (Wildman–Crippen MR) is 94.1 cm³/mol. The van der Waals surface area contributed by atoms with Crippen molar-refractivity contribution in [2.45, 2.75) is 60.4 Å². The molecule has 1 heterocycles. The SMILES string of the molecule is CCN(CC)C(CNC(=O)N1CC(C)CC(C)C1)CC(C)C. The molecule has 22 heavy (non-hydrogen) atoms. The zero-order valence-electron chi connectivity index (χ0n) is 15.6. The standard InChI is InChI=1S/C18H37N3O/c1-7-20(8-2)17(9-14(3)4)11-19-18(22)21-12-15(5)10-16(6)13-21/h14-17H,7-13H2,1-6H3,(H,19,22). The highest BCUT2D eigenvalue weighted by Crippen LogP contribution is 2.21. The van der Waals surface area contributed by atoms with Gasteiger partial charge in [-0.3, -0.25) is 4.90 Å². The number of amides is 2. The summed E-state index contributed by atoms with van der Waals surface area (Å²) in [6.07, 6.45) is 2.37. The van der Waals surface area contributed by atoms with Crippen LogP contribution in [0.2, 0.25) is 0 Å². The zero-order chi connectivity index (χ0) is 16.7. The van der Waals surface area contributed by atoms with Crippen LogP contribution in [0.25, 0.3) is 0 Å². The fraction of sp³-hybridized carbons (Fsp3) is 0.944. The molecule has 0 aromatic rings. The lowest BCUT2D eigenvalue weighted by Gasteiger charge is -2.36. The number of urea groups is 1. The second kappa shape index (κ2) is 9.39. The highest BCUT2D eigenvalue weighted by atomic mass is 16.2. The Morgan fingerprint density at radius 3 is 2.18 bits per heavy atom. The number of nitrogens with zero attached hydrogens (tertiary/aromatic N) is 2. The van der Waals surface area contributed by atoms with Crippen LogP contribution in [0, 0.1) is 17.8 Å². The van der Waals surface area contributed by atoms with Crippen LogP contribution in [0.3, 0.4) is 0 Å². The molecule has 1 N–H and O–H groups in total. The van der Waals surface area contributed by atoms with E-state index in [9.17, 15) is 4.79 Å². The van der Waals surface area contributed by atoms with Gasteiger partial charge in [-0.25, -0.2) is 4.79 Å². The maximum absolute atomic E-state index is 12.5. The minimum Gasteiger partial charge on any atom is -0.336 e. The third kappa shape index (κ3) is 6.15. The van der Waals surface area contributed by atoms with Gasteiger partial charge in [-0.2, -0.15) is 0 Å². The first kappa shape index (κ1) is 19.3. The molecule has 3 atom stereocenters. The Kier molecular flexibility index (Phi) is 8.23. The van der Waals surface area contributed by atoms with E-state index in [2.05, 4.69) is 51.8 Å². The van der Waals surface area contributed by atoms with Gasteiger partial charge in [0.2, 0.25) is 0 Å². The van der Waals surface area contributed by atoms with Gasteiger partial charge in [0.1, 0.15) is 0 Å². The number of hydrogen-bond donors (Lipinski definition) is 1. The largest absolute Gasteiger partial charge is 0.336 e. The molecule has 130 valence electrons. The van der Waals surface area contributed by atoms with Crippen LogP contribution in [0.5, 0.6) is 0 Å². The van der Waals surface area contributed by atoms with Gasteiger partial charge in [0.05, 0.1) is 0 Å². The van der Waals surface area contributed by atoms with Crippen LogP contribution in [-0.2, 0) is 0 Å². The van der Waals surface area contributed by atoms with Gasteiger partial charge < -0.3 is 10.2 Å². The van der Waals surface area contributed by atoms with E-state index < -0.39 is 0 Å². The molecule has 0 aliphatic carbocycles. The second-order valence-corrected chi connectivity index (χ2v) is 7.54. The molecule has 4 heteroatoms. The number of carbonyl (C=O) groups excluding carboxylic acids is 1. The summed E-state index contributed by atoms with van der Waals surface area (Å²) in [5.41, 5.74) is 0. The van der Waals surface area contributed by atoms with Crippen LogP contribution >= 0.6 is 0 Å². The highest BCUT2D eigenvalue weighted by molar-refractivity contribution is 5.74. The van der Waals surface area contributed by atoms with Crippen molar-refractivity contribution in [3.8, 4) is 0 Å². The topological polar surface area (TPSA) is 35.6 Å². The minimum atomic E-state index is 0.124. The molecular weight excluding hydrogens is 274 g/mol. The van der Waals surface area contributed by atoms with E-state index in [1.807, 2.05) is 4.90 Å². The molecule has 2 amide bonds. The summed E-state index contributed by atoms with van der Waals surface area (Å²) in [4.78, 5) is 16.9. The summed E-state index contributed by atoms with van der Waals surface area (Å²) in [7, 11) is 0. The van der Waals surface area contributed by atoms with Crippen molar-refractivity contribution in [2.75, 3.05) is 32.7 Å². The average molecular weight is 312 g/mol. The Balaban J connectivity index is 2.54. The van der Waals surface area contributed by atoms with Gasteiger partial charge in [-0.15, -0.1) is 0 Å². The van der Waals surface area contributed by atoms with Crippen LogP contribution in [0.15, 0.2) is 0 Å². The molecule has 1 saturated heterocycles. The molecule has 0 saturated carbocycles. The minimum absolute atomic E-state index is 0.124. The monoisotopic (exact) mass is 311 g/mol. The first-order chi connectivity index (χ1) is 10.4. The summed E-state index contributed by atoms with van der Waals surface area (Å²) in [5.74, 6) is 1.88. The average Bonchev–Trinajstić information content (AvgIpc) is 2.43. The van der Waals surface area contributed by atoms with Gasteiger partial charge in [0.15, 0.2) is 0 Å². The molecule has 0 bridgehead atoms. The Hall–Kier alpha value is -0.770. The van der Waals surface area contributed by atoms with E-state index in [4.69, 9.17) is 0 Å². The van der Waals surface area contributed by atoms with Crippen LogP contribution in [-0.4, -0.2) is 54.6 Å². The van der Waals surface area contributed by atoms with Crippen LogP contribution < -0.4 is 5.32 Å². The number of nitrogens with one attached hydrogen (secondary N) is 1. The number of carbonyl (C=O) groups is 1. The Labute approximate surface area is 137 Å². The molecular formula is C18H37N3O. The number of rotatable bonds is 7. The summed E-state index contributed by atoms with van der Waals surface area (Å²) in [6, 6.07) is 0.567. The fourth-order valence-corrected chi connectivity index (χ4v) is 3.79. The van der Waals surface area contributed by atoms with Gasteiger partial charge in [-0.05, 0) is 43.7 Å². The van der Waals surface area contributed by atoms with E-state index in [1.54, 1.807) is 0 Å². The van der Waals surface area contributed by atoms with E-state index in [-0.39, 0.29) is 6.03 Å². The van der Waals surface area contributed by atoms with Crippen molar-refractivity contribution in [3.05, 3.63) is 0 Å². The Morgan fingerprint density at radius 1 is 1.18 bits per heavy atom. The summed E-state index contributed by atoms with van der Waals surface area (Å²) >= 11 is 0. The Bertz CT molecular complexity index is 318. The number of piperidine rings is 1. The van der Waals surface area contributed by atoms with Gasteiger partial charge in [0, 0.05) is 25.7 Å². The van der Waals surface area contributed by atoms with E-state index >= 15 is 0 Å². The lowest BCUT2D eigenvalue weighted by atomic mass is 9.92. The third-order valence-electron chi connectivity index (χ3n) is 4.72. The van der Waals surface area contributed by atoms with Crippen molar-refractivity contribution in [2.24, 2.45) is 17.8 Å². The molecule has 0 aromatic heterocycles. The quantitative estimate of drug-likeness (QED) is 0.782. The van der Waals surface area contributed by atoms with Crippen LogP contribution in [0.1, 0.15) is 54.4 Å². The van der Waals surface area contributed by atoms with Gasteiger partial charge in [-0.1, -0.05) is 41.5 Å². The van der Waals surface area contributed by atoms with E-state index in [1.165, 1.54) is 6.42 Å². The van der Waals surface area contributed by atoms with Crippen molar-refractivity contribution < 1.29 is 4.79 Å². The molecule has 3 unspecified atom stereocenters. The number of hydrogen-bond acceptors (Lipinski definition) is 2. The number of likely N-dealkylation sites (tertiary alicyclic amines) is 1. The lowest BCUT2D eigenvalue weighted by Crippen LogP contribution is -2.51. The van der Waals surface area contributed by atoms with Gasteiger partial charge >= 0.3 is 6.03 Å². The Morgan fingerprint density at radius 2 is 1.73 bits per heavy atom. The van der Waals surface area contributed by atoms with Crippen LogP contribution in [0.4, 0.5) is 4.79 Å². The predicted octanol–water partition coefficient (Wildman–Crippen LogP) is 3.43. The molecule has 1 rings (SSSR count). The molecule has 0 aromatic carbocycles. The van der Waals surface area contributed by atoms with Crippen molar-refractivity contribution in [3.63, 3.8) is 0 Å². The smallest absolute Gasteiger partial charge is 0.317 e. The zero-order valence-corrected chi connectivity index (χ0v) is 15.6. The van der Waals surface area contributed by atoms with E-state index in [0.29, 0.717) is 23.8 Å². The molecule has 1 fully saturated rings. The van der Waals surface area contributed by atoms with Gasteiger partial charge in [0.25, 0.3) is 0 Å². The number of likely N-dealkylation sites (N-methyl/N-ethyl adjacent to an activating group) is 1. The maximum Gasteiger partial charge on any atom is 0.317 e. The maximum atomic E-state index is 12.5. The summed E-state index contributed by atoms with van der Waals surface area (Å²) in [5, 5.41) is 3.19. The second-order valence-electron chi connectivity index (χ2n) is 7.54. The first-order valence-electron chi connectivity index (χ1n) is 9.14. The molecule has 1 aliphatic rings. The summed E-state index contributed by atoms with van der Waals surface area (Å²) in [6.45, 7) is 18.0.